The van der Waals surface area contributed by atoms with Gasteiger partial charge >= 0.3 is 0 Å². The zero-order valence-electron chi connectivity index (χ0n) is 11.4. The average Bonchev–Trinajstić information content (AvgIpc) is 2.25. The van der Waals surface area contributed by atoms with Gasteiger partial charge in [0.25, 0.3) is 0 Å². The van der Waals surface area contributed by atoms with E-state index >= 15 is 0 Å². The van der Waals surface area contributed by atoms with Gasteiger partial charge in [0.2, 0.25) is 0 Å². The molecule has 0 aromatic heterocycles. The summed E-state index contributed by atoms with van der Waals surface area (Å²) in [6, 6.07) is 0.827. The first-order valence-corrected chi connectivity index (χ1v) is 7.87. The first kappa shape index (κ1) is 10.8. The number of nitrogens with one attached hydrogen (secondary N) is 1. The van der Waals surface area contributed by atoms with Gasteiger partial charge in [0.05, 0.1) is 0 Å². The van der Waals surface area contributed by atoms with E-state index in [1.54, 1.807) is 38.5 Å². The van der Waals surface area contributed by atoms with Gasteiger partial charge in [-0.1, -0.05) is 6.92 Å². The second kappa shape index (κ2) is 3.50. The highest BCUT2D eigenvalue weighted by Crippen LogP contribution is 2.66. The van der Waals surface area contributed by atoms with E-state index in [9.17, 15) is 0 Å². The second-order valence-electron chi connectivity index (χ2n) is 7.88. The van der Waals surface area contributed by atoms with Crippen molar-refractivity contribution in [2.75, 3.05) is 7.05 Å². The first-order chi connectivity index (χ1) is 8.20. The van der Waals surface area contributed by atoms with Crippen molar-refractivity contribution >= 4 is 0 Å². The molecule has 17 heavy (non-hydrogen) atoms. The smallest absolute Gasteiger partial charge is 0.00955 e. The van der Waals surface area contributed by atoms with Gasteiger partial charge in [-0.15, -0.1) is 0 Å². The fourth-order valence-corrected chi connectivity index (χ4v) is 6.61. The highest BCUT2D eigenvalue weighted by molar-refractivity contribution is 5.09. The van der Waals surface area contributed by atoms with Crippen molar-refractivity contribution in [2.45, 2.75) is 57.9 Å². The minimum atomic E-state index is 0.807. The van der Waals surface area contributed by atoms with Gasteiger partial charge < -0.3 is 5.32 Å². The average molecular weight is 233 g/mol. The summed E-state index contributed by atoms with van der Waals surface area (Å²) in [5, 5.41) is 3.51. The Morgan fingerprint density at radius 1 is 0.882 bits per heavy atom. The van der Waals surface area contributed by atoms with Crippen LogP contribution in [0.15, 0.2) is 0 Å². The van der Waals surface area contributed by atoms with Crippen molar-refractivity contribution < 1.29 is 0 Å². The van der Waals surface area contributed by atoms with Crippen LogP contribution in [-0.2, 0) is 0 Å². The van der Waals surface area contributed by atoms with Crippen molar-refractivity contribution in [1.82, 2.24) is 5.32 Å². The molecule has 0 saturated heterocycles. The van der Waals surface area contributed by atoms with Gasteiger partial charge in [-0.2, -0.15) is 0 Å². The van der Waals surface area contributed by atoms with Gasteiger partial charge in [0.15, 0.2) is 0 Å². The Morgan fingerprint density at radius 3 is 1.82 bits per heavy atom. The number of rotatable bonds is 2. The van der Waals surface area contributed by atoms with Crippen molar-refractivity contribution in [2.24, 2.45) is 35.0 Å². The van der Waals surface area contributed by atoms with Crippen molar-refractivity contribution in [1.29, 1.82) is 0 Å². The molecule has 1 N–H and O–H groups in total. The van der Waals surface area contributed by atoms with Crippen LogP contribution in [0, 0.1) is 35.0 Å². The minimum Gasteiger partial charge on any atom is -0.317 e. The maximum absolute atomic E-state index is 3.51. The molecule has 1 heteroatoms. The Hall–Kier alpha value is -0.0400. The lowest BCUT2D eigenvalue weighted by Gasteiger charge is -2.64. The predicted octanol–water partition coefficient (Wildman–Crippen LogP) is 3.45. The molecule has 0 aromatic rings. The first-order valence-electron chi connectivity index (χ1n) is 7.87. The van der Waals surface area contributed by atoms with Crippen LogP contribution in [-0.4, -0.2) is 13.1 Å². The zero-order valence-corrected chi connectivity index (χ0v) is 11.4. The van der Waals surface area contributed by atoms with E-state index in [4.69, 9.17) is 0 Å². The van der Waals surface area contributed by atoms with Crippen LogP contribution in [0.25, 0.3) is 0 Å². The summed E-state index contributed by atoms with van der Waals surface area (Å²) in [4.78, 5) is 0. The Bertz CT molecular complexity index is 286. The molecule has 5 saturated carbocycles. The summed E-state index contributed by atoms with van der Waals surface area (Å²) in [7, 11) is 2.15. The van der Waals surface area contributed by atoms with Crippen LogP contribution < -0.4 is 5.32 Å². The fraction of sp³-hybridized carbons (Fsp3) is 1.00. The fourth-order valence-electron chi connectivity index (χ4n) is 6.61. The molecule has 0 aliphatic heterocycles. The molecule has 3 unspecified atom stereocenters. The molecular formula is C16H27N. The molecular weight excluding hydrogens is 206 g/mol. The van der Waals surface area contributed by atoms with Gasteiger partial charge in [0.1, 0.15) is 0 Å². The largest absolute Gasteiger partial charge is 0.317 e. The lowest BCUT2D eigenvalue weighted by atomic mass is 9.42. The predicted molar refractivity (Wildman–Crippen MR) is 70.7 cm³/mol. The zero-order chi connectivity index (χ0) is 11.6. The molecule has 5 rings (SSSR count). The van der Waals surface area contributed by atoms with Gasteiger partial charge in [-0.3, -0.25) is 0 Å². The molecule has 0 radical (unpaired) electrons. The molecule has 96 valence electrons. The monoisotopic (exact) mass is 233 g/mol. The summed E-state index contributed by atoms with van der Waals surface area (Å²) in [6.07, 6.45) is 11.1. The van der Waals surface area contributed by atoms with Crippen LogP contribution >= 0.6 is 0 Å². The number of hydrogen-bond acceptors (Lipinski definition) is 1. The third kappa shape index (κ3) is 1.41. The molecule has 0 spiro atoms. The van der Waals surface area contributed by atoms with E-state index in [0.717, 1.165) is 41.0 Å². The van der Waals surface area contributed by atoms with Gasteiger partial charge in [-0.25, -0.2) is 0 Å². The third-order valence-electron chi connectivity index (χ3n) is 7.02. The van der Waals surface area contributed by atoms with E-state index in [2.05, 4.69) is 19.3 Å². The molecule has 5 fully saturated rings. The van der Waals surface area contributed by atoms with Crippen molar-refractivity contribution in [3.63, 3.8) is 0 Å². The standard InChI is InChI=1S/C16H27N/c1-10-14(6-15(10)17-2)16-7-11-3-12(8-16)5-13(4-11)9-16/h10-15,17H,3-9H2,1-2H3. The Balaban J connectivity index is 1.57. The summed E-state index contributed by atoms with van der Waals surface area (Å²) >= 11 is 0. The van der Waals surface area contributed by atoms with Crippen LogP contribution in [0.1, 0.15) is 51.9 Å². The molecule has 1 nitrogen and oxygen atoms in total. The molecule has 0 aromatic carbocycles. The van der Waals surface area contributed by atoms with Crippen LogP contribution in [0.4, 0.5) is 0 Å². The van der Waals surface area contributed by atoms with Crippen LogP contribution in [0.3, 0.4) is 0 Å². The maximum atomic E-state index is 3.51. The van der Waals surface area contributed by atoms with E-state index in [1.807, 2.05) is 0 Å². The molecule has 5 aliphatic rings. The highest BCUT2D eigenvalue weighted by atomic mass is 14.9. The molecule has 0 amide bonds. The summed E-state index contributed by atoms with van der Waals surface area (Å²) in [6.45, 7) is 2.51. The maximum Gasteiger partial charge on any atom is 0.00955 e. The quantitative estimate of drug-likeness (QED) is 0.770. The normalized spacial score (nSPS) is 60.4. The van der Waals surface area contributed by atoms with Crippen molar-refractivity contribution in [3.05, 3.63) is 0 Å². The lowest BCUT2D eigenvalue weighted by Crippen LogP contribution is -2.59. The molecule has 0 heterocycles. The van der Waals surface area contributed by atoms with Gasteiger partial charge in [-0.05, 0) is 87.0 Å². The molecule has 4 bridgehead atoms. The summed E-state index contributed by atoms with van der Waals surface area (Å²) < 4.78 is 0. The minimum absolute atomic E-state index is 0.807. The van der Waals surface area contributed by atoms with E-state index in [1.165, 1.54) is 6.42 Å². The topological polar surface area (TPSA) is 12.0 Å². The van der Waals surface area contributed by atoms with Gasteiger partial charge in [0, 0.05) is 6.04 Å². The Labute approximate surface area is 106 Å². The third-order valence-corrected chi connectivity index (χ3v) is 7.02. The van der Waals surface area contributed by atoms with Crippen molar-refractivity contribution in [3.8, 4) is 0 Å². The van der Waals surface area contributed by atoms with E-state index < -0.39 is 0 Å². The summed E-state index contributed by atoms with van der Waals surface area (Å²) in [5.74, 6) is 5.39. The SMILES string of the molecule is CNC1CC(C23CC4CC(CC(C4)C2)C3)C1C. The van der Waals surface area contributed by atoms with Crippen LogP contribution in [0.5, 0.6) is 0 Å². The highest BCUT2D eigenvalue weighted by Gasteiger charge is 2.58. The molecule has 3 atom stereocenters. The second-order valence-corrected chi connectivity index (χ2v) is 7.88. The van der Waals surface area contributed by atoms with Crippen LogP contribution in [0.2, 0.25) is 0 Å². The summed E-state index contributed by atoms with van der Waals surface area (Å²) in [5.41, 5.74) is 0.807. The van der Waals surface area contributed by atoms with E-state index in [0.29, 0.717) is 0 Å². The molecule has 5 aliphatic carbocycles. The Kier molecular flexibility index (Phi) is 2.23. The number of hydrogen-bond donors (Lipinski definition) is 1. The lowest BCUT2D eigenvalue weighted by molar-refractivity contribution is -0.133. The Morgan fingerprint density at radius 2 is 1.41 bits per heavy atom. The van der Waals surface area contributed by atoms with E-state index in [-0.39, 0.29) is 0 Å².